The number of methoxy groups -OCH3 is 1. The van der Waals surface area contributed by atoms with Crippen LogP contribution in [-0.4, -0.2) is 59.1 Å². The molecule has 26 heavy (non-hydrogen) atoms. The van der Waals surface area contributed by atoms with Crippen LogP contribution in [0.5, 0.6) is 0 Å². The van der Waals surface area contributed by atoms with Gasteiger partial charge in [0.25, 0.3) is 5.91 Å². The summed E-state index contributed by atoms with van der Waals surface area (Å²) < 4.78 is 10.4. The first kappa shape index (κ1) is 17.0. The third-order valence-electron chi connectivity index (χ3n) is 5.17. The van der Waals surface area contributed by atoms with E-state index in [1.54, 1.807) is 23.4 Å². The predicted octanol–water partition coefficient (Wildman–Crippen LogP) is 0.334. The lowest BCUT2D eigenvalue weighted by molar-refractivity contribution is -0.167. The summed E-state index contributed by atoms with van der Waals surface area (Å²) in [6, 6.07) is 3.18. The number of hydrogen-bond donors (Lipinski definition) is 1. The Labute approximate surface area is 150 Å². The molecule has 1 aromatic rings. The molecular weight excluding hydrogens is 338 g/mol. The molecule has 3 aliphatic rings. The van der Waals surface area contributed by atoms with Gasteiger partial charge < -0.3 is 19.7 Å². The highest BCUT2D eigenvalue weighted by molar-refractivity contribution is 5.93. The smallest absolute Gasteiger partial charge is 0.331 e. The fourth-order valence-electron chi connectivity index (χ4n) is 3.52. The summed E-state index contributed by atoms with van der Waals surface area (Å²) >= 11 is 0. The monoisotopic (exact) mass is 359 g/mol. The Kier molecular flexibility index (Phi) is 4.14. The molecule has 2 heterocycles. The van der Waals surface area contributed by atoms with E-state index in [1.165, 1.54) is 7.11 Å². The zero-order valence-electron chi connectivity index (χ0n) is 14.5. The van der Waals surface area contributed by atoms with Crippen LogP contribution in [0.1, 0.15) is 37.3 Å². The van der Waals surface area contributed by atoms with Gasteiger partial charge >= 0.3 is 5.97 Å². The van der Waals surface area contributed by atoms with E-state index in [2.05, 4.69) is 10.3 Å². The maximum atomic E-state index is 13.0. The van der Waals surface area contributed by atoms with Crippen molar-refractivity contribution in [2.45, 2.75) is 49.4 Å². The van der Waals surface area contributed by atoms with Gasteiger partial charge in [0.2, 0.25) is 5.91 Å². The van der Waals surface area contributed by atoms with Crippen LogP contribution in [0.2, 0.25) is 0 Å². The number of aromatic nitrogens is 1. The number of morpholine rings is 1. The van der Waals surface area contributed by atoms with E-state index in [-0.39, 0.29) is 18.6 Å². The standard InChI is InChI=1S/C18H21N3O5/c1-25-17(24)18(6-7-18)20-16(23)15-14(11-3-2-8-19-9-11)21(12-4-5-12)13(22)10-26-15/h2-3,8-9,12,14-15H,4-7,10H2,1H3,(H,20,23)/t14-,15+/m1/s1. The first-order valence-corrected chi connectivity index (χ1v) is 8.79. The molecule has 2 saturated carbocycles. The van der Waals surface area contributed by atoms with Crippen LogP contribution >= 0.6 is 0 Å². The van der Waals surface area contributed by atoms with Crippen LogP contribution in [-0.2, 0) is 23.9 Å². The van der Waals surface area contributed by atoms with Crippen molar-refractivity contribution < 1.29 is 23.9 Å². The molecule has 1 aromatic heterocycles. The van der Waals surface area contributed by atoms with E-state index in [0.29, 0.717) is 12.8 Å². The number of carbonyl (C=O) groups excluding carboxylic acids is 3. The lowest BCUT2D eigenvalue weighted by Gasteiger charge is -2.41. The van der Waals surface area contributed by atoms with Gasteiger partial charge in [0, 0.05) is 18.4 Å². The second-order valence-electron chi connectivity index (χ2n) is 7.06. The van der Waals surface area contributed by atoms with Crippen molar-refractivity contribution in [2.75, 3.05) is 13.7 Å². The molecular formula is C18H21N3O5. The number of carbonyl (C=O) groups is 3. The SMILES string of the molecule is COC(=O)C1(NC(=O)[C@H]2OCC(=O)N(C3CC3)[C@@H]2c2cccnc2)CC1. The molecule has 2 atom stereocenters. The summed E-state index contributed by atoms with van der Waals surface area (Å²) in [5, 5.41) is 2.79. The van der Waals surface area contributed by atoms with Gasteiger partial charge in [-0.25, -0.2) is 4.79 Å². The summed E-state index contributed by atoms with van der Waals surface area (Å²) in [4.78, 5) is 43.2. The van der Waals surface area contributed by atoms with Crippen molar-refractivity contribution in [1.82, 2.24) is 15.2 Å². The van der Waals surface area contributed by atoms with Gasteiger partial charge in [0.05, 0.1) is 13.2 Å². The molecule has 8 heteroatoms. The Morgan fingerprint density at radius 1 is 1.38 bits per heavy atom. The lowest BCUT2D eigenvalue weighted by atomic mass is 9.98. The molecule has 0 aromatic carbocycles. The molecule has 4 rings (SSSR count). The zero-order valence-corrected chi connectivity index (χ0v) is 14.5. The molecule has 138 valence electrons. The van der Waals surface area contributed by atoms with E-state index >= 15 is 0 Å². The molecule has 0 spiro atoms. The Bertz CT molecular complexity index is 730. The third-order valence-corrected chi connectivity index (χ3v) is 5.17. The number of pyridine rings is 1. The second kappa shape index (κ2) is 6.35. The number of ether oxygens (including phenoxy) is 2. The van der Waals surface area contributed by atoms with Gasteiger partial charge in [-0.05, 0) is 37.3 Å². The molecule has 0 bridgehead atoms. The quantitative estimate of drug-likeness (QED) is 0.761. The number of esters is 1. The average Bonchev–Trinajstić information content (AvgIpc) is 3.57. The maximum absolute atomic E-state index is 13.0. The highest BCUT2D eigenvalue weighted by Gasteiger charge is 2.55. The Balaban J connectivity index is 1.61. The highest BCUT2D eigenvalue weighted by atomic mass is 16.5. The normalized spacial score (nSPS) is 27.0. The minimum Gasteiger partial charge on any atom is -0.467 e. The van der Waals surface area contributed by atoms with E-state index in [4.69, 9.17) is 9.47 Å². The molecule has 1 N–H and O–H groups in total. The molecule has 0 unspecified atom stereocenters. The second-order valence-corrected chi connectivity index (χ2v) is 7.06. The van der Waals surface area contributed by atoms with E-state index in [9.17, 15) is 14.4 Å². The Morgan fingerprint density at radius 2 is 2.15 bits per heavy atom. The predicted molar refractivity (Wildman–Crippen MR) is 88.7 cm³/mol. The average molecular weight is 359 g/mol. The van der Waals surface area contributed by atoms with Gasteiger partial charge in [-0.1, -0.05) is 6.07 Å². The zero-order chi connectivity index (χ0) is 18.3. The Morgan fingerprint density at radius 3 is 2.73 bits per heavy atom. The number of nitrogens with zero attached hydrogens (tertiary/aromatic N) is 2. The van der Waals surface area contributed by atoms with Gasteiger partial charge in [-0.2, -0.15) is 0 Å². The van der Waals surface area contributed by atoms with Gasteiger partial charge in [0.1, 0.15) is 12.1 Å². The van der Waals surface area contributed by atoms with Gasteiger partial charge in [-0.15, -0.1) is 0 Å². The summed E-state index contributed by atoms with van der Waals surface area (Å²) in [6.45, 7) is -0.142. The fraction of sp³-hybridized carbons (Fsp3) is 0.556. The fourth-order valence-corrected chi connectivity index (χ4v) is 3.52. The lowest BCUT2D eigenvalue weighted by Crippen LogP contribution is -2.57. The first-order valence-electron chi connectivity index (χ1n) is 8.79. The maximum Gasteiger partial charge on any atom is 0.331 e. The van der Waals surface area contributed by atoms with Crippen molar-refractivity contribution in [3.8, 4) is 0 Å². The minimum atomic E-state index is -0.958. The number of rotatable bonds is 5. The van der Waals surface area contributed by atoms with Gasteiger partial charge in [-0.3, -0.25) is 14.6 Å². The van der Waals surface area contributed by atoms with Crippen molar-refractivity contribution in [3.05, 3.63) is 30.1 Å². The van der Waals surface area contributed by atoms with Crippen LogP contribution in [0.25, 0.3) is 0 Å². The van der Waals surface area contributed by atoms with E-state index in [1.807, 2.05) is 6.07 Å². The third kappa shape index (κ3) is 2.94. The van der Waals surface area contributed by atoms with Gasteiger partial charge in [0.15, 0.2) is 6.10 Å². The van der Waals surface area contributed by atoms with E-state index < -0.39 is 29.6 Å². The van der Waals surface area contributed by atoms with E-state index in [0.717, 1.165) is 18.4 Å². The number of hydrogen-bond acceptors (Lipinski definition) is 6. The first-order chi connectivity index (χ1) is 12.6. The largest absolute Gasteiger partial charge is 0.467 e. The van der Waals surface area contributed by atoms with Crippen LogP contribution in [0, 0.1) is 0 Å². The summed E-state index contributed by atoms with van der Waals surface area (Å²) in [5.41, 5.74) is -0.212. The molecule has 3 fully saturated rings. The van der Waals surface area contributed by atoms with Crippen molar-refractivity contribution in [3.63, 3.8) is 0 Å². The van der Waals surface area contributed by atoms with Crippen LogP contribution in [0.3, 0.4) is 0 Å². The number of amides is 2. The summed E-state index contributed by atoms with van der Waals surface area (Å²) in [5.74, 6) is -0.978. The van der Waals surface area contributed by atoms with Crippen LogP contribution in [0.15, 0.2) is 24.5 Å². The molecule has 2 aliphatic carbocycles. The number of nitrogens with one attached hydrogen (secondary N) is 1. The summed E-state index contributed by atoms with van der Waals surface area (Å²) in [7, 11) is 1.30. The molecule has 2 amide bonds. The Hall–Kier alpha value is -2.48. The van der Waals surface area contributed by atoms with Crippen LogP contribution < -0.4 is 5.32 Å². The van der Waals surface area contributed by atoms with Crippen molar-refractivity contribution >= 4 is 17.8 Å². The highest BCUT2D eigenvalue weighted by Crippen LogP contribution is 2.41. The molecule has 0 radical (unpaired) electrons. The molecule has 1 saturated heterocycles. The van der Waals surface area contributed by atoms with Crippen molar-refractivity contribution in [1.29, 1.82) is 0 Å². The minimum absolute atomic E-state index is 0.125. The molecule has 1 aliphatic heterocycles. The topological polar surface area (TPSA) is 97.8 Å². The van der Waals surface area contributed by atoms with Crippen LogP contribution in [0.4, 0.5) is 0 Å². The van der Waals surface area contributed by atoms with Crippen molar-refractivity contribution in [2.24, 2.45) is 0 Å². The summed E-state index contributed by atoms with van der Waals surface area (Å²) in [6.07, 6.45) is 5.32. The molecule has 8 nitrogen and oxygen atoms in total.